The van der Waals surface area contributed by atoms with Gasteiger partial charge in [-0.3, -0.25) is 4.79 Å². The molecule has 1 N–H and O–H groups in total. The highest BCUT2D eigenvalue weighted by atomic mass is 16.5. The zero-order valence-electron chi connectivity index (χ0n) is 13.2. The van der Waals surface area contributed by atoms with Crippen molar-refractivity contribution in [2.24, 2.45) is 0 Å². The summed E-state index contributed by atoms with van der Waals surface area (Å²) >= 11 is 0. The summed E-state index contributed by atoms with van der Waals surface area (Å²) < 4.78 is 11.0. The van der Waals surface area contributed by atoms with Crippen molar-refractivity contribution in [3.8, 4) is 11.5 Å². The molecule has 23 heavy (non-hydrogen) atoms. The van der Waals surface area contributed by atoms with Gasteiger partial charge in [0.05, 0.1) is 19.6 Å². The fourth-order valence-corrected chi connectivity index (χ4v) is 2.75. The molecule has 0 aliphatic carbocycles. The molecule has 0 bridgehead atoms. The Morgan fingerprint density at radius 3 is 2.78 bits per heavy atom. The fourth-order valence-electron chi connectivity index (χ4n) is 2.75. The molecule has 1 amide bonds. The SMILES string of the molecule is CCOc1ccc(CC(=O)NCC2COc3ccccc32)cc1. The Morgan fingerprint density at radius 2 is 2.00 bits per heavy atom. The van der Waals surface area contributed by atoms with Crippen molar-refractivity contribution < 1.29 is 14.3 Å². The predicted molar refractivity (Wildman–Crippen MR) is 89.0 cm³/mol. The molecule has 1 aliphatic rings. The molecule has 120 valence electrons. The number of hydrogen-bond acceptors (Lipinski definition) is 3. The van der Waals surface area contributed by atoms with E-state index in [0.717, 1.165) is 17.1 Å². The second-order valence-electron chi connectivity index (χ2n) is 5.60. The number of amides is 1. The number of para-hydroxylation sites is 1. The quantitative estimate of drug-likeness (QED) is 0.892. The second-order valence-corrected chi connectivity index (χ2v) is 5.60. The first-order valence-corrected chi connectivity index (χ1v) is 7.96. The number of rotatable bonds is 6. The Hall–Kier alpha value is -2.49. The van der Waals surface area contributed by atoms with E-state index in [9.17, 15) is 4.79 Å². The molecule has 0 aromatic heterocycles. The summed E-state index contributed by atoms with van der Waals surface area (Å²) in [5.41, 5.74) is 2.16. The van der Waals surface area contributed by atoms with E-state index in [1.165, 1.54) is 5.56 Å². The maximum absolute atomic E-state index is 12.1. The van der Waals surface area contributed by atoms with Crippen LogP contribution in [0.15, 0.2) is 48.5 Å². The minimum atomic E-state index is 0.0264. The van der Waals surface area contributed by atoms with Gasteiger partial charge >= 0.3 is 0 Å². The zero-order chi connectivity index (χ0) is 16.1. The number of ether oxygens (including phenoxy) is 2. The largest absolute Gasteiger partial charge is 0.494 e. The van der Waals surface area contributed by atoms with E-state index in [0.29, 0.717) is 26.2 Å². The van der Waals surface area contributed by atoms with Crippen LogP contribution in [0.3, 0.4) is 0 Å². The lowest BCUT2D eigenvalue weighted by Gasteiger charge is -2.11. The lowest BCUT2D eigenvalue weighted by Crippen LogP contribution is -2.30. The first-order chi connectivity index (χ1) is 11.3. The number of hydrogen-bond donors (Lipinski definition) is 1. The Kier molecular flexibility index (Phi) is 4.81. The lowest BCUT2D eigenvalue weighted by molar-refractivity contribution is -0.120. The smallest absolute Gasteiger partial charge is 0.224 e. The van der Waals surface area contributed by atoms with Crippen molar-refractivity contribution in [2.75, 3.05) is 19.8 Å². The number of fused-ring (bicyclic) bond motifs is 1. The Bertz CT molecular complexity index is 667. The van der Waals surface area contributed by atoms with Gasteiger partial charge in [0.15, 0.2) is 0 Å². The van der Waals surface area contributed by atoms with E-state index < -0.39 is 0 Å². The summed E-state index contributed by atoms with van der Waals surface area (Å²) in [5, 5.41) is 3.00. The maximum Gasteiger partial charge on any atom is 0.224 e. The molecule has 0 saturated heterocycles. The summed E-state index contributed by atoms with van der Waals surface area (Å²) in [6.07, 6.45) is 0.377. The van der Waals surface area contributed by atoms with Crippen LogP contribution in [0.4, 0.5) is 0 Å². The van der Waals surface area contributed by atoms with Gasteiger partial charge < -0.3 is 14.8 Å². The Labute approximate surface area is 136 Å². The summed E-state index contributed by atoms with van der Waals surface area (Å²) in [6, 6.07) is 15.6. The van der Waals surface area contributed by atoms with Gasteiger partial charge in [0.25, 0.3) is 0 Å². The van der Waals surface area contributed by atoms with Gasteiger partial charge in [0.1, 0.15) is 11.5 Å². The van der Waals surface area contributed by atoms with E-state index >= 15 is 0 Å². The van der Waals surface area contributed by atoms with E-state index in [1.54, 1.807) is 0 Å². The summed E-state index contributed by atoms with van der Waals surface area (Å²) in [6.45, 7) is 3.83. The van der Waals surface area contributed by atoms with Gasteiger partial charge in [-0.1, -0.05) is 30.3 Å². The molecular formula is C19H21NO3. The topological polar surface area (TPSA) is 47.6 Å². The standard InChI is InChI=1S/C19H21NO3/c1-2-22-16-9-7-14(8-10-16)11-19(21)20-12-15-13-23-18-6-4-3-5-17(15)18/h3-10,15H,2,11-13H2,1H3,(H,20,21). The van der Waals surface area contributed by atoms with Crippen LogP contribution in [0.5, 0.6) is 11.5 Å². The normalized spacial score (nSPS) is 15.6. The van der Waals surface area contributed by atoms with Crippen molar-refractivity contribution in [3.63, 3.8) is 0 Å². The minimum Gasteiger partial charge on any atom is -0.494 e. The molecule has 3 rings (SSSR count). The van der Waals surface area contributed by atoms with Gasteiger partial charge in [-0.2, -0.15) is 0 Å². The van der Waals surface area contributed by atoms with Crippen LogP contribution in [0, 0.1) is 0 Å². The summed E-state index contributed by atoms with van der Waals surface area (Å²) in [4.78, 5) is 12.1. The zero-order valence-corrected chi connectivity index (χ0v) is 13.2. The molecule has 4 heteroatoms. The van der Waals surface area contributed by atoms with Gasteiger partial charge in [-0.05, 0) is 30.7 Å². The van der Waals surface area contributed by atoms with Crippen LogP contribution in [0.1, 0.15) is 24.0 Å². The highest BCUT2D eigenvalue weighted by Crippen LogP contribution is 2.32. The van der Waals surface area contributed by atoms with Crippen molar-refractivity contribution in [1.29, 1.82) is 0 Å². The summed E-state index contributed by atoms with van der Waals surface area (Å²) in [5.74, 6) is 2.02. The highest BCUT2D eigenvalue weighted by Gasteiger charge is 2.23. The summed E-state index contributed by atoms with van der Waals surface area (Å²) in [7, 11) is 0. The third kappa shape index (κ3) is 3.83. The number of carbonyl (C=O) groups is 1. The van der Waals surface area contributed by atoms with Gasteiger partial charge in [0, 0.05) is 18.0 Å². The average Bonchev–Trinajstić information content (AvgIpc) is 2.98. The van der Waals surface area contributed by atoms with E-state index in [2.05, 4.69) is 11.4 Å². The number of nitrogens with one attached hydrogen (secondary N) is 1. The van der Waals surface area contributed by atoms with Crippen LogP contribution in [0.2, 0.25) is 0 Å². The molecule has 2 aromatic carbocycles. The monoisotopic (exact) mass is 311 g/mol. The fraction of sp³-hybridized carbons (Fsp3) is 0.316. The molecule has 1 unspecified atom stereocenters. The van der Waals surface area contributed by atoms with Crippen molar-refractivity contribution in [3.05, 3.63) is 59.7 Å². The first-order valence-electron chi connectivity index (χ1n) is 7.96. The molecule has 1 atom stereocenters. The molecule has 2 aromatic rings. The number of benzene rings is 2. The third-order valence-electron chi connectivity index (χ3n) is 3.94. The Morgan fingerprint density at radius 1 is 1.22 bits per heavy atom. The van der Waals surface area contributed by atoms with Gasteiger partial charge in [0.2, 0.25) is 5.91 Å². The van der Waals surface area contributed by atoms with Crippen molar-refractivity contribution >= 4 is 5.91 Å². The molecule has 1 heterocycles. The lowest BCUT2D eigenvalue weighted by atomic mass is 10.0. The number of carbonyl (C=O) groups excluding carboxylic acids is 1. The van der Waals surface area contributed by atoms with Gasteiger partial charge in [-0.15, -0.1) is 0 Å². The van der Waals surface area contributed by atoms with Crippen LogP contribution >= 0.6 is 0 Å². The molecule has 0 saturated carbocycles. The van der Waals surface area contributed by atoms with E-state index in [-0.39, 0.29) is 11.8 Å². The molecule has 0 spiro atoms. The maximum atomic E-state index is 12.1. The highest BCUT2D eigenvalue weighted by molar-refractivity contribution is 5.78. The van der Waals surface area contributed by atoms with Crippen LogP contribution < -0.4 is 14.8 Å². The third-order valence-corrected chi connectivity index (χ3v) is 3.94. The average molecular weight is 311 g/mol. The van der Waals surface area contributed by atoms with Crippen molar-refractivity contribution in [2.45, 2.75) is 19.3 Å². The van der Waals surface area contributed by atoms with Crippen LogP contribution in [0.25, 0.3) is 0 Å². The van der Waals surface area contributed by atoms with Crippen LogP contribution in [-0.4, -0.2) is 25.7 Å². The van der Waals surface area contributed by atoms with E-state index in [1.807, 2.05) is 49.4 Å². The second kappa shape index (κ2) is 7.18. The first kappa shape index (κ1) is 15.4. The minimum absolute atomic E-state index is 0.0264. The molecule has 0 radical (unpaired) electrons. The van der Waals surface area contributed by atoms with Gasteiger partial charge in [-0.25, -0.2) is 0 Å². The molecule has 1 aliphatic heterocycles. The van der Waals surface area contributed by atoms with E-state index in [4.69, 9.17) is 9.47 Å². The molecule has 4 nitrogen and oxygen atoms in total. The molecular weight excluding hydrogens is 290 g/mol. The molecule has 0 fully saturated rings. The van der Waals surface area contributed by atoms with Crippen molar-refractivity contribution in [1.82, 2.24) is 5.32 Å². The van der Waals surface area contributed by atoms with Crippen LogP contribution in [-0.2, 0) is 11.2 Å². The predicted octanol–water partition coefficient (Wildman–Crippen LogP) is 2.92. The Balaban J connectivity index is 1.50.